The highest BCUT2D eigenvalue weighted by Crippen LogP contribution is 2.54. The zero-order valence-electron chi connectivity index (χ0n) is 18.1. The number of carboxylic acids is 1. The Hall–Kier alpha value is -3.11. The molecule has 1 aliphatic heterocycles. The van der Waals surface area contributed by atoms with Crippen molar-refractivity contribution in [2.45, 2.75) is 38.4 Å². The van der Waals surface area contributed by atoms with Crippen molar-refractivity contribution >= 4 is 35.0 Å². The number of benzene rings is 1. The maximum absolute atomic E-state index is 13.7. The van der Waals surface area contributed by atoms with Crippen molar-refractivity contribution in [2.75, 3.05) is 14.2 Å². The van der Waals surface area contributed by atoms with Gasteiger partial charge in [-0.3, -0.25) is 9.59 Å². The van der Waals surface area contributed by atoms with E-state index in [1.165, 1.54) is 28.1 Å². The van der Waals surface area contributed by atoms with E-state index >= 15 is 0 Å². The van der Waals surface area contributed by atoms with Gasteiger partial charge < -0.3 is 30.2 Å². The van der Waals surface area contributed by atoms with Gasteiger partial charge in [-0.2, -0.15) is 0 Å². The Bertz CT molecular complexity index is 1100. The number of amidine groups is 1. The predicted molar refractivity (Wildman–Crippen MR) is 113 cm³/mol. The van der Waals surface area contributed by atoms with Crippen LogP contribution in [0.25, 0.3) is 0 Å². The molecule has 0 unspecified atom stereocenters. The number of methoxy groups -OCH3 is 2. The Labute approximate surface area is 188 Å². The number of nitrogens with two attached hydrogens (primary N) is 1. The molecule has 2 atom stereocenters. The number of ketones is 2. The molecule has 1 aliphatic carbocycles. The number of aliphatic hydroxyl groups is 1. The van der Waals surface area contributed by atoms with Crippen LogP contribution in [-0.2, 0) is 9.53 Å². The lowest BCUT2D eigenvalue weighted by Crippen LogP contribution is -2.53. The number of aliphatic imine (C=N–C) groups is 1. The predicted octanol–water partition coefficient (Wildman–Crippen LogP) is 1.96. The van der Waals surface area contributed by atoms with Gasteiger partial charge >= 0.3 is 5.97 Å². The zero-order valence-corrected chi connectivity index (χ0v) is 18.9. The van der Waals surface area contributed by atoms with Crippen molar-refractivity contribution in [3.05, 3.63) is 33.7 Å². The zero-order chi connectivity index (χ0) is 24.2. The molecular weight excluding hydrogens is 444 g/mol. The monoisotopic (exact) mass is 466 g/mol. The first-order valence-corrected chi connectivity index (χ1v) is 9.95. The number of hydrogen-bond acceptors (Lipinski definition) is 8. The highest BCUT2D eigenvalue weighted by atomic mass is 35.5. The summed E-state index contributed by atoms with van der Waals surface area (Å²) in [7, 11) is 2.51. The number of fused-ring (bicyclic) bond motifs is 1. The third kappa shape index (κ3) is 3.30. The summed E-state index contributed by atoms with van der Waals surface area (Å²) in [4.78, 5) is 42.2. The van der Waals surface area contributed by atoms with Crippen LogP contribution in [0, 0.1) is 5.92 Å². The Morgan fingerprint density at radius 3 is 2.47 bits per heavy atom. The van der Waals surface area contributed by atoms with Crippen molar-refractivity contribution in [3.63, 3.8) is 0 Å². The van der Waals surface area contributed by atoms with Gasteiger partial charge in [0.15, 0.2) is 23.0 Å². The summed E-state index contributed by atoms with van der Waals surface area (Å²) in [5, 5.41) is 19.3. The molecule has 10 nitrogen and oxygen atoms in total. The molecule has 0 amide bonds. The molecule has 3 rings (SSSR count). The molecule has 0 fully saturated rings. The first kappa shape index (κ1) is 23.6. The Balaban J connectivity index is 2.34. The fraction of sp³-hybridized carbons (Fsp3) is 0.429. The van der Waals surface area contributed by atoms with Gasteiger partial charge in [-0.1, -0.05) is 18.5 Å². The van der Waals surface area contributed by atoms with Crippen LogP contribution >= 0.6 is 11.6 Å². The van der Waals surface area contributed by atoms with E-state index in [2.05, 4.69) is 4.99 Å². The fourth-order valence-electron chi connectivity index (χ4n) is 3.77. The second-order valence-corrected chi connectivity index (χ2v) is 8.46. The van der Waals surface area contributed by atoms with Gasteiger partial charge in [-0.25, -0.2) is 9.79 Å². The van der Waals surface area contributed by atoms with Crippen LogP contribution in [0.1, 0.15) is 47.9 Å². The number of nitrogens with zero attached hydrogens (tertiary/aromatic N) is 1. The van der Waals surface area contributed by atoms with Gasteiger partial charge in [0.2, 0.25) is 11.4 Å². The highest BCUT2D eigenvalue weighted by Gasteiger charge is 2.62. The number of allylic oxidation sites excluding steroid dienone is 1. The number of aromatic carboxylic acids is 1. The van der Waals surface area contributed by atoms with Crippen molar-refractivity contribution in [1.29, 1.82) is 0 Å². The Morgan fingerprint density at radius 1 is 1.34 bits per heavy atom. The van der Waals surface area contributed by atoms with Crippen LogP contribution in [-0.4, -0.2) is 59.0 Å². The molecule has 0 saturated carbocycles. The van der Waals surface area contributed by atoms with Gasteiger partial charge in [0, 0.05) is 12.3 Å². The van der Waals surface area contributed by atoms with E-state index in [4.69, 9.17) is 31.5 Å². The molecule has 4 N–H and O–H groups in total. The minimum Gasteiger partial charge on any atom is -0.496 e. The molecular formula is C21H23ClN2O8. The third-order valence-electron chi connectivity index (χ3n) is 5.53. The summed E-state index contributed by atoms with van der Waals surface area (Å²) in [5.41, 5.74) is 1.77. The van der Waals surface area contributed by atoms with Crippen LogP contribution in [0.2, 0.25) is 5.02 Å². The van der Waals surface area contributed by atoms with Gasteiger partial charge in [0.1, 0.15) is 22.7 Å². The lowest BCUT2D eigenvalue weighted by atomic mass is 9.74. The van der Waals surface area contributed by atoms with Crippen molar-refractivity contribution in [3.8, 4) is 11.5 Å². The number of hydrogen-bond donors (Lipinski definition) is 3. The fourth-order valence-corrected chi connectivity index (χ4v) is 4.04. The molecule has 2 aliphatic rings. The second-order valence-electron chi connectivity index (χ2n) is 8.08. The second kappa shape index (κ2) is 7.79. The summed E-state index contributed by atoms with van der Waals surface area (Å²) in [6.45, 7) is 4.38. The smallest absolute Gasteiger partial charge is 0.337 e. The lowest BCUT2D eigenvalue weighted by Gasteiger charge is -2.37. The van der Waals surface area contributed by atoms with Gasteiger partial charge in [-0.05, 0) is 19.9 Å². The van der Waals surface area contributed by atoms with Crippen LogP contribution in [0.4, 0.5) is 0 Å². The number of rotatable bonds is 5. The van der Waals surface area contributed by atoms with E-state index in [-0.39, 0.29) is 51.4 Å². The Morgan fingerprint density at radius 2 is 1.97 bits per heavy atom. The largest absolute Gasteiger partial charge is 0.496 e. The van der Waals surface area contributed by atoms with E-state index in [0.717, 1.165) is 6.07 Å². The molecule has 32 heavy (non-hydrogen) atoms. The molecule has 0 saturated heterocycles. The van der Waals surface area contributed by atoms with Gasteiger partial charge in [-0.15, -0.1) is 0 Å². The standard InChI is InChI=1S/C21H23ClN2O8/c1-8-6-10(25)14(24-19(23)20(2,3)29)17(31-5)21(8)16(26)12-11(30-4)7-9(18(27)28)13(22)15(12)32-21/h7-8,29H,6H2,1-5H3,(H2,23,24)(H,27,28)/t8-,21-/m1/s1. The molecule has 1 heterocycles. The van der Waals surface area contributed by atoms with Crippen molar-refractivity contribution < 1.29 is 38.8 Å². The summed E-state index contributed by atoms with van der Waals surface area (Å²) in [5.74, 6) is -3.91. The number of carbonyl (C=O) groups excluding carboxylic acids is 2. The first-order valence-electron chi connectivity index (χ1n) is 9.57. The molecule has 1 aromatic carbocycles. The van der Waals surface area contributed by atoms with Crippen molar-refractivity contribution in [1.82, 2.24) is 0 Å². The van der Waals surface area contributed by atoms with E-state index < -0.39 is 34.7 Å². The van der Waals surface area contributed by atoms with Crippen LogP contribution in [0.3, 0.4) is 0 Å². The minimum absolute atomic E-state index is 0.0516. The minimum atomic E-state index is -1.86. The lowest BCUT2D eigenvalue weighted by molar-refractivity contribution is -0.119. The summed E-state index contributed by atoms with van der Waals surface area (Å²) in [6.07, 6.45) is -0.156. The number of ether oxygens (including phenoxy) is 3. The molecule has 0 aromatic heterocycles. The number of carboxylic acid groups (broad SMARTS) is 1. The van der Waals surface area contributed by atoms with E-state index in [9.17, 15) is 24.6 Å². The summed E-state index contributed by atoms with van der Waals surface area (Å²) >= 11 is 6.28. The topological polar surface area (TPSA) is 158 Å². The molecule has 0 bridgehead atoms. The normalized spacial score (nSPS) is 23.3. The summed E-state index contributed by atoms with van der Waals surface area (Å²) in [6, 6.07) is 1.13. The maximum Gasteiger partial charge on any atom is 0.337 e. The number of carbonyl (C=O) groups is 3. The number of halogens is 1. The molecule has 11 heteroatoms. The molecule has 1 aromatic rings. The van der Waals surface area contributed by atoms with Gasteiger partial charge in [0.05, 0.1) is 24.8 Å². The molecule has 1 spiro atoms. The molecule has 0 radical (unpaired) electrons. The highest BCUT2D eigenvalue weighted by molar-refractivity contribution is 6.36. The van der Waals surface area contributed by atoms with Crippen molar-refractivity contribution in [2.24, 2.45) is 16.6 Å². The van der Waals surface area contributed by atoms with E-state index in [0.29, 0.717) is 0 Å². The van der Waals surface area contributed by atoms with E-state index in [1.54, 1.807) is 6.92 Å². The Kier molecular flexibility index (Phi) is 5.73. The average molecular weight is 467 g/mol. The van der Waals surface area contributed by atoms with Crippen LogP contribution in [0.15, 0.2) is 22.5 Å². The molecule has 172 valence electrons. The SMILES string of the molecule is COC1=C(/N=C(\N)C(C)(C)O)C(=O)C[C@@H](C)[C@]12Oc1c(Cl)c(C(=O)O)cc(OC)c1C2=O. The quantitative estimate of drug-likeness (QED) is 0.435. The number of Topliss-reactive ketones (excluding diaryl/α,β-unsaturated/α-hetero) is 2. The van der Waals surface area contributed by atoms with E-state index in [1.807, 2.05) is 0 Å². The average Bonchev–Trinajstić information content (AvgIpc) is 3.01. The first-order chi connectivity index (χ1) is 14.8. The maximum atomic E-state index is 13.7. The van der Waals surface area contributed by atoms with Gasteiger partial charge in [0.25, 0.3) is 0 Å². The van der Waals surface area contributed by atoms with Crippen LogP contribution in [0.5, 0.6) is 11.5 Å². The van der Waals surface area contributed by atoms with Crippen LogP contribution < -0.4 is 15.2 Å². The summed E-state index contributed by atoms with van der Waals surface area (Å²) < 4.78 is 16.7. The third-order valence-corrected chi connectivity index (χ3v) is 5.90.